The number of aromatic amines is 1. The van der Waals surface area contributed by atoms with Gasteiger partial charge in [-0.2, -0.15) is 5.10 Å². The number of aryl methyl sites for hydroxylation is 1. The minimum atomic E-state index is -3.68. The zero-order valence-electron chi connectivity index (χ0n) is 15.9. The Morgan fingerprint density at radius 1 is 1.00 bits per heavy atom. The predicted octanol–water partition coefficient (Wildman–Crippen LogP) is 4.50. The molecule has 0 saturated heterocycles. The molecule has 0 saturated carbocycles. The molecule has 4 aromatic rings. The van der Waals surface area contributed by atoms with Gasteiger partial charge in [0.2, 0.25) is 0 Å². The van der Waals surface area contributed by atoms with E-state index < -0.39 is 10.0 Å². The highest BCUT2D eigenvalue weighted by atomic mass is 32.2. The van der Waals surface area contributed by atoms with Gasteiger partial charge >= 0.3 is 0 Å². The van der Waals surface area contributed by atoms with Crippen LogP contribution in [0.25, 0.3) is 10.6 Å². The first-order chi connectivity index (χ1) is 14.4. The molecule has 7 nitrogen and oxygen atoms in total. The molecule has 152 valence electrons. The van der Waals surface area contributed by atoms with E-state index in [-0.39, 0.29) is 16.5 Å². The number of thiophene rings is 1. The largest absolute Gasteiger partial charge is 0.321 e. The molecule has 1 amide bonds. The van der Waals surface area contributed by atoms with E-state index in [2.05, 4.69) is 20.2 Å². The van der Waals surface area contributed by atoms with Gasteiger partial charge in [-0.3, -0.25) is 14.6 Å². The quantitative estimate of drug-likeness (QED) is 0.412. The van der Waals surface area contributed by atoms with Gasteiger partial charge in [0.05, 0.1) is 15.5 Å². The molecule has 30 heavy (non-hydrogen) atoms. The van der Waals surface area contributed by atoms with E-state index in [9.17, 15) is 13.2 Å². The van der Waals surface area contributed by atoms with E-state index in [1.165, 1.54) is 0 Å². The maximum Gasteiger partial charge on any atom is 0.276 e. The number of amides is 1. The molecule has 2 aromatic carbocycles. The molecule has 0 aliphatic carbocycles. The zero-order chi connectivity index (χ0) is 21.1. The molecule has 9 heteroatoms. The van der Waals surface area contributed by atoms with Gasteiger partial charge in [-0.05, 0) is 60.8 Å². The summed E-state index contributed by atoms with van der Waals surface area (Å²) in [6, 6.07) is 18.6. The van der Waals surface area contributed by atoms with Crippen LogP contribution >= 0.6 is 11.3 Å². The van der Waals surface area contributed by atoms with Crippen LogP contribution in [0.2, 0.25) is 0 Å². The SMILES string of the molecule is Cc1ccc(S(=O)(=O)Nc2ccc(NC(=O)c3cc(-c4cccs4)[nH]n3)cc2)cc1. The normalized spacial score (nSPS) is 11.2. The van der Waals surface area contributed by atoms with Crippen molar-refractivity contribution in [2.24, 2.45) is 0 Å². The molecule has 3 N–H and O–H groups in total. The topological polar surface area (TPSA) is 104 Å². The molecular weight excluding hydrogens is 420 g/mol. The standard InChI is InChI=1S/C21H18N4O3S2/c1-14-4-10-17(11-5-14)30(27,28)25-16-8-6-15(7-9-16)22-21(26)19-13-18(23-24-19)20-3-2-12-29-20/h2-13,25H,1H3,(H,22,26)(H,23,24). The average molecular weight is 439 g/mol. The Hall–Kier alpha value is -3.43. The summed E-state index contributed by atoms with van der Waals surface area (Å²) in [7, 11) is -3.68. The number of nitrogens with zero attached hydrogens (tertiary/aromatic N) is 1. The molecule has 2 heterocycles. The summed E-state index contributed by atoms with van der Waals surface area (Å²) in [6.45, 7) is 1.89. The second-order valence-corrected chi connectivity index (χ2v) is 9.22. The van der Waals surface area contributed by atoms with Crippen molar-refractivity contribution in [1.29, 1.82) is 0 Å². The first kappa shape index (κ1) is 19.9. The molecule has 0 radical (unpaired) electrons. The number of sulfonamides is 1. The molecule has 0 aliphatic rings. The van der Waals surface area contributed by atoms with Crippen molar-refractivity contribution < 1.29 is 13.2 Å². The Bertz CT molecular complexity index is 1260. The number of benzene rings is 2. The van der Waals surface area contributed by atoms with Crippen LogP contribution in [0.3, 0.4) is 0 Å². The molecule has 0 aliphatic heterocycles. The molecule has 0 fully saturated rings. The summed E-state index contributed by atoms with van der Waals surface area (Å²) >= 11 is 1.55. The lowest BCUT2D eigenvalue weighted by Gasteiger charge is -2.09. The number of carbonyl (C=O) groups excluding carboxylic acids is 1. The third-order valence-electron chi connectivity index (χ3n) is 4.32. The van der Waals surface area contributed by atoms with E-state index in [1.54, 1.807) is 65.9 Å². The summed E-state index contributed by atoms with van der Waals surface area (Å²) in [5.74, 6) is -0.359. The molecule has 2 aromatic heterocycles. The summed E-state index contributed by atoms with van der Waals surface area (Å²) in [4.78, 5) is 13.6. The fraction of sp³-hybridized carbons (Fsp3) is 0.0476. The lowest BCUT2D eigenvalue weighted by molar-refractivity contribution is 0.102. The molecule has 0 bridgehead atoms. The number of H-pyrrole nitrogens is 1. The fourth-order valence-corrected chi connectivity index (χ4v) is 4.50. The second kappa shape index (κ2) is 8.13. The molecule has 4 rings (SSSR count). The molecular formula is C21H18N4O3S2. The van der Waals surface area contributed by atoms with Crippen LogP contribution in [-0.2, 0) is 10.0 Å². The van der Waals surface area contributed by atoms with Crippen LogP contribution in [0.15, 0.2) is 77.0 Å². The minimum absolute atomic E-state index is 0.186. The van der Waals surface area contributed by atoms with Crippen LogP contribution in [0.1, 0.15) is 16.1 Å². The first-order valence-electron chi connectivity index (χ1n) is 9.01. The average Bonchev–Trinajstić information content (AvgIpc) is 3.41. The van der Waals surface area contributed by atoms with Gasteiger partial charge in [-0.1, -0.05) is 23.8 Å². The number of rotatable bonds is 6. The number of carbonyl (C=O) groups is 1. The Kier molecular flexibility index (Phi) is 5.39. The lowest BCUT2D eigenvalue weighted by Crippen LogP contribution is -2.14. The van der Waals surface area contributed by atoms with Crippen LogP contribution in [0.4, 0.5) is 11.4 Å². The van der Waals surface area contributed by atoms with E-state index in [1.807, 2.05) is 24.4 Å². The highest BCUT2D eigenvalue weighted by molar-refractivity contribution is 7.92. The Morgan fingerprint density at radius 3 is 2.37 bits per heavy atom. The van der Waals surface area contributed by atoms with Crippen molar-refractivity contribution in [3.05, 3.63) is 83.4 Å². The number of aromatic nitrogens is 2. The Morgan fingerprint density at radius 2 is 1.70 bits per heavy atom. The summed E-state index contributed by atoms with van der Waals surface area (Å²) in [5, 5.41) is 11.6. The zero-order valence-corrected chi connectivity index (χ0v) is 17.5. The van der Waals surface area contributed by atoms with Crippen LogP contribution in [0, 0.1) is 6.92 Å². The third kappa shape index (κ3) is 4.42. The highest BCUT2D eigenvalue weighted by Crippen LogP contribution is 2.23. The smallest absolute Gasteiger partial charge is 0.276 e. The van der Waals surface area contributed by atoms with Gasteiger partial charge in [0.1, 0.15) is 0 Å². The van der Waals surface area contributed by atoms with Gasteiger partial charge in [0.25, 0.3) is 15.9 Å². The molecule has 0 spiro atoms. The van der Waals surface area contributed by atoms with Crippen molar-refractivity contribution in [3.8, 4) is 10.6 Å². The van der Waals surface area contributed by atoms with Crippen molar-refractivity contribution in [3.63, 3.8) is 0 Å². The second-order valence-electron chi connectivity index (χ2n) is 6.59. The van der Waals surface area contributed by atoms with Crippen LogP contribution in [0.5, 0.6) is 0 Å². The minimum Gasteiger partial charge on any atom is -0.321 e. The lowest BCUT2D eigenvalue weighted by atomic mass is 10.2. The van der Waals surface area contributed by atoms with Gasteiger partial charge in [-0.25, -0.2) is 8.42 Å². The van der Waals surface area contributed by atoms with E-state index in [0.717, 1.165) is 16.1 Å². The maximum absolute atomic E-state index is 12.5. The third-order valence-corrected chi connectivity index (χ3v) is 6.62. The first-order valence-corrected chi connectivity index (χ1v) is 11.4. The van der Waals surface area contributed by atoms with Crippen LogP contribution < -0.4 is 10.0 Å². The highest BCUT2D eigenvalue weighted by Gasteiger charge is 2.15. The van der Waals surface area contributed by atoms with Crippen molar-refractivity contribution in [2.75, 3.05) is 10.0 Å². The fourth-order valence-electron chi connectivity index (χ4n) is 2.74. The maximum atomic E-state index is 12.5. The predicted molar refractivity (Wildman–Crippen MR) is 118 cm³/mol. The summed E-state index contributed by atoms with van der Waals surface area (Å²) in [5.41, 5.74) is 2.94. The molecule has 0 unspecified atom stereocenters. The van der Waals surface area contributed by atoms with Gasteiger partial charge in [0.15, 0.2) is 5.69 Å². The number of anilines is 2. The Balaban J connectivity index is 1.42. The Labute approximate surface area is 177 Å². The van der Waals surface area contributed by atoms with Gasteiger partial charge in [0, 0.05) is 11.4 Å². The van der Waals surface area contributed by atoms with E-state index >= 15 is 0 Å². The van der Waals surface area contributed by atoms with E-state index in [0.29, 0.717) is 11.4 Å². The number of hydrogen-bond donors (Lipinski definition) is 3. The molecule has 0 atom stereocenters. The monoisotopic (exact) mass is 438 g/mol. The van der Waals surface area contributed by atoms with Crippen LogP contribution in [-0.4, -0.2) is 24.5 Å². The number of hydrogen-bond acceptors (Lipinski definition) is 5. The van der Waals surface area contributed by atoms with Gasteiger partial charge < -0.3 is 5.32 Å². The van der Waals surface area contributed by atoms with Crippen molar-refractivity contribution in [2.45, 2.75) is 11.8 Å². The van der Waals surface area contributed by atoms with Crippen molar-refractivity contribution >= 4 is 38.6 Å². The van der Waals surface area contributed by atoms with Gasteiger partial charge in [-0.15, -0.1) is 11.3 Å². The summed E-state index contributed by atoms with van der Waals surface area (Å²) in [6.07, 6.45) is 0. The number of nitrogens with one attached hydrogen (secondary N) is 3. The van der Waals surface area contributed by atoms with E-state index in [4.69, 9.17) is 0 Å². The van der Waals surface area contributed by atoms with Crippen molar-refractivity contribution in [1.82, 2.24) is 10.2 Å². The summed E-state index contributed by atoms with van der Waals surface area (Å²) < 4.78 is 27.5.